The van der Waals surface area contributed by atoms with E-state index >= 15 is 0 Å². The molecule has 2 N–H and O–H groups in total. The fourth-order valence-electron chi connectivity index (χ4n) is 1.64. The lowest BCUT2D eigenvalue weighted by atomic mass is 10.1. The number of benzene rings is 2. The molecule has 2 aromatic carbocycles. The number of hydrogen-bond donors (Lipinski definition) is 2. The van der Waals surface area contributed by atoms with Gasteiger partial charge in [0.1, 0.15) is 11.6 Å². The van der Waals surface area contributed by atoms with E-state index in [1.54, 1.807) is 18.2 Å². The van der Waals surface area contributed by atoms with Crippen LogP contribution in [0.1, 0.15) is 15.9 Å². The number of carboxylic acids is 1. The second-order valence-electron chi connectivity index (χ2n) is 3.94. The summed E-state index contributed by atoms with van der Waals surface area (Å²) in [5, 5.41) is 11.6. The molecule has 0 spiro atoms. The van der Waals surface area contributed by atoms with Gasteiger partial charge in [0.05, 0.1) is 5.56 Å². The predicted octanol–water partition coefficient (Wildman–Crippen LogP) is 3.28. The van der Waals surface area contributed by atoms with Crippen LogP contribution in [0.5, 0.6) is 0 Å². The summed E-state index contributed by atoms with van der Waals surface area (Å²) in [5.74, 6) is -2.49. The Balaban J connectivity index is 2.14. The average Bonchev–Trinajstić information content (AvgIpc) is 2.39. The monoisotopic (exact) mass is 263 g/mol. The third kappa shape index (κ3) is 3.07. The summed E-state index contributed by atoms with van der Waals surface area (Å²) in [6.45, 7) is 0.192. The summed E-state index contributed by atoms with van der Waals surface area (Å²) in [7, 11) is 0. The molecule has 0 bridgehead atoms. The van der Waals surface area contributed by atoms with E-state index in [0.717, 1.165) is 6.07 Å². The number of nitrogens with one attached hydrogen (secondary N) is 1. The molecule has 5 heteroatoms. The summed E-state index contributed by atoms with van der Waals surface area (Å²) >= 11 is 0. The smallest absolute Gasteiger partial charge is 0.338 e. The fourth-order valence-corrected chi connectivity index (χ4v) is 1.64. The quantitative estimate of drug-likeness (QED) is 0.890. The van der Waals surface area contributed by atoms with Crippen molar-refractivity contribution in [3.63, 3.8) is 0 Å². The molecule has 2 aromatic rings. The number of hydrogen-bond acceptors (Lipinski definition) is 2. The van der Waals surface area contributed by atoms with E-state index in [9.17, 15) is 13.6 Å². The lowest BCUT2D eigenvalue weighted by Crippen LogP contribution is -2.05. The first kappa shape index (κ1) is 13.0. The van der Waals surface area contributed by atoms with Crippen LogP contribution >= 0.6 is 0 Å². The number of rotatable bonds is 4. The molecule has 0 heterocycles. The van der Waals surface area contributed by atoms with Crippen LogP contribution in [0.25, 0.3) is 0 Å². The molecule has 0 atom stereocenters. The molecule has 0 aliphatic heterocycles. The van der Waals surface area contributed by atoms with Gasteiger partial charge in [-0.1, -0.05) is 18.2 Å². The van der Waals surface area contributed by atoms with Gasteiger partial charge in [0, 0.05) is 17.8 Å². The Bertz CT molecular complexity index is 614. The van der Waals surface area contributed by atoms with Crippen molar-refractivity contribution in [2.24, 2.45) is 0 Å². The molecule has 0 saturated carbocycles. The largest absolute Gasteiger partial charge is 0.478 e. The van der Waals surface area contributed by atoms with E-state index < -0.39 is 17.3 Å². The van der Waals surface area contributed by atoms with Gasteiger partial charge in [0.25, 0.3) is 0 Å². The summed E-state index contributed by atoms with van der Waals surface area (Å²) in [6, 6.07) is 9.88. The maximum atomic E-state index is 13.4. The van der Waals surface area contributed by atoms with Crippen LogP contribution in [-0.2, 0) is 6.54 Å². The first-order valence-corrected chi connectivity index (χ1v) is 5.58. The molecule has 0 aliphatic carbocycles. The molecular formula is C14H11F2NO2. The lowest BCUT2D eigenvalue weighted by molar-refractivity contribution is 0.0692. The van der Waals surface area contributed by atoms with Crippen molar-refractivity contribution in [2.45, 2.75) is 6.54 Å². The number of halogens is 2. The second-order valence-corrected chi connectivity index (χ2v) is 3.94. The molecule has 0 fully saturated rings. The third-order valence-electron chi connectivity index (χ3n) is 2.64. The molecule has 3 nitrogen and oxygen atoms in total. The van der Waals surface area contributed by atoms with Crippen molar-refractivity contribution in [2.75, 3.05) is 5.32 Å². The van der Waals surface area contributed by atoms with E-state index in [4.69, 9.17) is 5.11 Å². The van der Waals surface area contributed by atoms with E-state index in [2.05, 4.69) is 5.32 Å². The summed E-state index contributed by atoms with van der Waals surface area (Å²) in [5.41, 5.74) is 0.448. The van der Waals surface area contributed by atoms with Crippen LogP contribution in [0.15, 0.2) is 42.5 Å². The minimum Gasteiger partial charge on any atom is -0.478 e. The molecule has 0 unspecified atom stereocenters. The van der Waals surface area contributed by atoms with Crippen molar-refractivity contribution in [3.8, 4) is 0 Å². The van der Waals surface area contributed by atoms with Crippen LogP contribution in [0.4, 0.5) is 14.5 Å². The van der Waals surface area contributed by atoms with Gasteiger partial charge in [-0.15, -0.1) is 0 Å². The van der Waals surface area contributed by atoms with Gasteiger partial charge >= 0.3 is 5.97 Å². The van der Waals surface area contributed by atoms with Gasteiger partial charge < -0.3 is 10.4 Å². The van der Waals surface area contributed by atoms with Gasteiger partial charge in [-0.2, -0.15) is 0 Å². The predicted molar refractivity (Wildman–Crippen MR) is 67.1 cm³/mol. The average molecular weight is 263 g/mol. The zero-order valence-electron chi connectivity index (χ0n) is 9.86. The zero-order valence-corrected chi connectivity index (χ0v) is 9.86. The van der Waals surface area contributed by atoms with Crippen molar-refractivity contribution < 1.29 is 18.7 Å². The zero-order chi connectivity index (χ0) is 13.8. The lowest BCUT2D eigenvalue weighted by Gasteiger charge is -2.08. The molecule has 0 aromatic heterocycles. The normalized spacial score (nSPS) is 10.2. The van der Waals surface area contributed by atoms with Crippen molar-refractivity contribution >= 4 is 11.7 Å². The Morgan fingerprint density at radius 1 is 1.11 bits per heavy atom. The number of anilines is 1. The molecule has 98 valence electrons. The maximum Gasteiger partial charge on any atom is 0.338 e. The topological polar surface area (TPSA) is 49.3 Å². The molecule has 0 radical (unpaired) electrons. The fraction of sp³-hybridized carbons (Fsp3) is 0.0714. The van der Waals surface area contributed by atoms with Crippen LogP contribution in [0.3, 0.4) is 0 Å². The Hall–Kier alpha value is -2.43. The summed E-state index contributed by atoms with van der Waals surface area (Å²) in [6.07, 6.45) is 0. The minimum absolute atomic E-state index is 0.192. The van der Waals surface area contributed by atoms with Crippen LogP contribution in [0, 0.1) is 11.6 Å². The minimum atomic E-state index is -1.34. The Kier molecular flexibility index (Phi) is 3.75. The van der Waals surface area contributed by atoms with E-state index in [0.29, 0.717) is 11.3 Å². The van der Waals surface area contributed by atoms with Crippen LogP contribution < -0.4 is 5.32 Å². The van der Waals surface area contributed by atoms with E-state index in [1.807, 2.05) is 0 Å². The number of carbonyl (C=O) groups is 1. The first-order valence-electron chi connectivity index (χ1n) is 5.58. The number of aromatic carboxylic acids is 1. The van der Waals surface area contributed by atoms with Crippen LogP contribution in [0.2, 0.25) is 0 Å². The van der Waals surface area contributed by atoms with Crippen LogP contribution in [-0.4, -0.2) is 11.1 Å². The van der Waals surface area contributed by atoms with E-state index in [-0.39, 0.29) is 12.4 Å². The van der Waals surface area contributed by atoms with Crippen molar-refractivity contribution in [1.82, 2.24) is 0 Å². The molecule has 0 aliphatic rings. The molecule has 0 amide bonds. The van der Waals surface area contributed by atoms with Gasteiger partial charge in [0.15, 0.2) is 0 Å². The highest BCUT2D eigenvalue weighted by atomic mass is 19.1. The highest BCUT2D eigenvalue weighted by molar-refractivity contribution is 5.89. The summed E-state index contributed by atoms with van der Waals surface area (Å²) in [4.78, 5) is 10.8. The summed E-state index contributed by atoms with van der Waals surface area (Å²) < 4.78 is 26.5. The SMILES string of the molecule is O=C(O)c1cc(NCc2ccccc2F)ccc1F. The first-order chi connectivity index (χ1) is 9.08. The Labute approximate surface area is 108 Å². The van der Waals surface area contributed by atoms with Gasteiger partial charge in [-0.05, 0) is 24.3 Å². The highest BCUT2D eigenvalue weighted by Gasteiger charge is 2.10. The third-order valence-corrected chi connectivity index (χ3v) is 2.64. The van der Waals surface area contributed by atoms with E-state index in [1.165, 1.54) is 18.2 Å². The van der Waals surface area contributed by atoms with Gasteiger partial charge in [-0.25, -0.2) is 13.6 Å². The Morgan fingerprint density at radius 2 is 1.84 bits per heavy atom. The molecular weight excluding hydrogens is 252 g/mol. The highest BCUT2D eigenvalue weighted by Crippen LogP contribution is 2.16. The van der Waals surface area contributed by atoms with Gasteiger partial charge in [0.2, 0.25) is 0 Å². The number of carboxylic acid groups (broad SMARTS) is 1. The van der Waals surface area contributed by atoms with Crippen molar-refractivity contribution in [3.05, 3.63) is 65.2 Å². The second kappa shape index (κ2) is 5.48. The standard InChI is InChI=1S/C14H11F2NO2/c15-12-4-2-1-3-9(12)8-17-10-5-6-13(16)11(7-10)14(18)19/h1-7,17H,8H2,(H,18,19). The molecule has 19 heavy (non-hydrogen) atoms. The molecule has 2 rings (SSSR count). The van der Waals surface area contributed by atoms with Crippen molar-refractivity contribution in [1.29, 1.82) is 0 Å². The Morgan fingerprint density at radius 3 is 2.53 bits per heavy atom. The maximum absolute atomic E-state index is 13.4. The molecule has 0 saturated heterocycles. The van der Waals surface area contributed by atoms with Gasteiger partial charge in [-0.3, -0.25) is 0 Å².